The van der Waals surface area contributed by atoms with Crippen LogP contribution in [0.4, 0.5) is 5.82 Å². The van der Waals surface area contributed by atoms with E-state index in [4.69, 9.17) is 4.52 Å². The summed E-state index contributed by atoms with van der Waals surface area (Å²) < 4.78 is 6.81. The van der Waals surface area contributed by atoms with E-state index in [-0.39, 0.29) is 18.4 Å². The van der Waals surface area contributed by atoms with E-state index in [0.717, 1.165) is 37.3 Å². The highest BCUT2D eigenvalue weighted by Crippen LogP contribution is 2.22. The molecule has 1 aliphatic heterocycles. The van der Waals surface area contributed by atoms with Gasteiger partial charge in [-0.3, -0.25) is 4.79 Å². The minimum Gasteiger partial charge on any atom is -0.355 e. The van der Waals surface area contributed by atoms with Gasteiger partial charge in [0, 0.05) is 24.6 Å². The zero-order chi connectivity index (χ0) is 21.8. The molecule has 5 rings (SSSR count). The highest BCUT2D eigenvalue weighted by molar-refractivity contribution is 5.78. The molecule has 4 aromatic rings. The molecule has 0 aliphatic carbocycles. The van der Waals surface area contributed by atoms with Gasteiger partial charge in [-0.25, -0.2) is 9.67 Å². The number of carbonyl (C=O) groups excluding carboxylic acids is 1. The van der Waals surface area contributed by atoms with E-state index in [1.54, 1.807) is 11.0 Å². The van der Waals surface area contributed by atoms with Crippen LogP contribution in [0, 0.1) is 5.92 Å². The standard InChI is InChI=1S/C21H21N9O2/c31-21(23-12-19-25-20(28-32-19)15-4-2-1-3-5-15)16-8-10-29(11-9-16)17-6-7-18(27-26-17)30-14-22-13-24-30/h1-7,13-14,16H,8-12H2,(H,23,31). The number of hydrogen-bond acceptors (Lipinski definition) is 9. The van der Waals surface area contributed by atoms with Gasteiger partial charge in [0.1, 0.15) is 12.7 Å². The molecule has 1 saturated heterocycles. The molecular formula is C21H21N9O2. The number of rotatable bonds is 6. The zero-order valence-electron chi connectivity index (χ0n) is 17.2. The molecule has 32 heavy (non-hydrogen) atoms. The fourth-order valence-electron chi connectivity index (χ4n) is 3.64. The average molecular weight is 431 g/mol. The van der Waals surface area contributed by atoms with E-state index in [0.29, 0.717) is 17.5 Å². The van der Waals surface area contributed by atoms with Gasteiger partial charge in [-0.15, -0.1) is 10.2 Å². The second-order valence-corrected chi connectivity index (χ2v) is 7.45. The van der Waals surface area contributed by atoms with Crippen LogP contribution in [0.15, 0.2) is 59.6 Å². The van der Waals surface area contributed by atoms with Gasteiger partial charge in [0.15, 0.2) is 11.6 Å². The summed E-state index contributed by atoms with van der Waals surface area (Å²) in [5.41, 5.74) is 0.874. The molecule has 162 valence electrons. The molecule has 0 radical (unpaired) electrons. The third-order valence-corrected chi connectivity index (χ3v) is 5.39. The Morgan fingerprint density at radius 2 is 1.84 bits per heavy atom. The van der Waals surface area contributed by atoms with Crippen LogP contribution in [-0.4, -0.2) is 54.1 Å². The van der Waals surface area contributed by atoms with Crippen molar-refractivity contribution in [2.45, 2.75) is 19.4 Å². The fourth-order valence-corrected chi connectivity index (χ4v) is 3.64. The maximum atomic E-state index is 12.6. The van der Waals surface area contributed by atoms with Crippen molar-refractivity contribution in [3.05, 3.63) is 61.0 Å². The number of nitrogens with zero attached hydrogens (tertiary/aromatic N) is 8. The lowest BCUT2D eigenvalue weighted by molar-refractivity contribution is -0.125. The van der Waals surface area contributed by atoms with Crippen LogP contribution < -0.4 is 10.2 Å². The van der Waals surface area contributed by atoms with E-state index in [9.17, 15) is 4.79 Å². The number of piperidine rings is 1. The normalized spacial score (nSPS) is 14.4. The van der Waals surface area contributed by atoms with Crippen molar-refractivity contribution in [1.29, 1.82) is 0 Å². The summed E-state index contributed by atoms with van der Waals surface area (Å²) in [6.45, 7) is 1.68. The van der Waals surface area contributed by atoms with Crippen LogP contribution in [0.25, 0.3) is 17.2 Å². The van der Waals surface area contributed by atoms with Crippen LogP contribution in [0.1, 0.15) is 18.7 Å². The van der Waals surface area contributed by atoms with Crippen LogP contribution in [0.2, 0.25) is 0 Å². The van der Waals surface area contributed by atoms with Crippen molar-refractivity contribution in [2.24, 2.45) is 5.92 Å². The van der Waals surface area contributed by atoms with Crippen LogP contribution >= 0.6 is 0 Å². The van der Waals surface area contributed by atoms with Crippen LogP contribution in [0.5, 0.6) is 0 Å². The number of hydrogen-bond donors (Lipinski definition) is 1. The predicted octanol–water partition coefficient (Wildman–Crippen LogP) is 1.64. The van der Waals surface area contributed by atoms with Crippen molar-refractivity contribution >= 4 is 11.7 Å². The van der Waals surface area contributed by atoms with Crippen molar-refractivity contribution in [1.82, 2.24) is 40.4 Å². The Bertz CT molecular complexity index is 1150. The van der Waals surface area contributed by atoms with E-state index < -0.39 is 0 Å². The molecule has 1 amide bonds. The lowest BCUT2D eigenvalue weighted by Gasteiger charge is -2.31. The maximum absolute atomic E-state index is 12.6. The first kappa shape index (κ1) is 19.8. The first-order valence-electron chi connectivity index (χ1n) is 10.4. The topological polar surface area (TPSA) is 128 Å². The number of anilines is 1. The Morgan fingerprint density at radius 3 is 2.56 bits per heavy atom. The fraction of sp³-hybridized carbons (Fsp3) is 0.286. The van der Waals surface area contributed by atoms with Gasteiger partial charge in [0.25, 0.3) is 0 Å². The Morgan fingerprint density at radius 1 is 1.06 bits per heavy atom. The quantitative estimate of drug-likeness (QED) is 0.484. The largest absolute Gasteiger partial charge is 0.355 e. The summed E-state index contributed by atoms with van der Waals surface area (Å²) in [5, 5.41) is 19.4. The summed E-state index contributed by atoms with van der Waals surface area (Å²) in [4.78, 5) is 23.0. The molecule has 3 aromatic heterocycles. The number of benzene rings is 1. The molecule has 1 aliphatic rings. The second-order valence-electron chi connectivity index (χ2n) is 7.45. The molecule has 4 heterocycles. The molecule has 1 aromatic carbocycles. The lowest BCUT2D eigenvalue weighted by atomic mass is 9.96. The SMILES string of the molecule is O=C(NCc1nc(-c2ccccc2)no1)C1CCN(c2ccc(-n3cncn3)nn2)CC1. The number of nitrogens with one attached hydrogen (secondary N) is 1. The van der Waals surface area contributed by atoms with Gasteiger partial charge < -0.3 is 14.7 Å². The third kappa shape index (κ3) is 4.31. The summed E-state index contributed by atoms with van der Waals surface area (Å²) in [7, 11) is 0. The molecule has 0 unspecified atom stereocenters. The van der Waals surface area contributed by atoms with Crippen molar-refractivity contribution in [2.75, 3.05) is 18.0 Å². The van der Waals surface area contributed by atoms with Crippen molar-refractivity contribution in [3.8, 4) is 17.2 Å². The highest BCUT2D eigenvalue weighted by Gasteiger charge is 2.26. The minimum atomic E-state index is -0.0647. The third-order valence-electron chi connectivity index (χ3n) is 5.39. The van der Waals surface area contributed by atoms with Crippen LogP contribution in [0.3, 0.4) is 0 Å². The van der Waals surface area contributed by atoms with Gasteiger partial charge >= 0.3 is 0 Å². The first-order valence-corrected chi connectivity index (χ1v) is 10.4. The van der Waals surface area contributed by atoms with Gasteiger partial charge in [-0.2, -0.15) is 10.1 Å². The van der Waals surface area contributed by atoms with Gasteiger partial charge in [-0.05, 0) is 25.0 Å². The Hall–Kier alpha value is -4.15. The summed E-state index contributed by atoms with van der Waals surface area (Å²) in [6.07, 6.45) is 4.49. The molecule has 11 nitrogen and oxygen atoms in total. The van der Waals surface area contributed by atoms with Gasteiger partial charge in [0.2, 0.25) is 17.6 Å². The lowest BCUT2D eigenvalue weighted by Crippen LogP contribution is -2.40. The van der Waals surface area contributed by atoms with Gasteiger partial charge in [0.05, 0.1) is 6.54 Å². The van der Waals surface area contributed by atoms with E-state index in [1.807, 2.05) is 42.5 Å². The molecule has 0 bridgehead atoms. The molecule has 0 spiro atoms. The summed E-state index contributed by atoms with van der Waals surface area (Å²) >= 11 is 0. The van der Waals surface area contributed by atoms with Crippen LogP contribution in [-0.2, 0) is 11.3 Å². The molecule has 1 N–H and O–H groups in total. The van der Waals surface area contributed by atoms with Crippen molar-refractivity contribution in [3.63, 3.8) is 0 Å². The summed E-state index contributed by atoms with van der Waals surface area (Å²) in [5.74, 6) is 2.22. The van der Waals surface area contributed by atoms with Crippen molar-refractivity contribution < 1.29 is 9.32 Å². The predicted molar refractivity (Wildman–Crippen MR) is 113 cm³/mol. The van der Waals surface area contributed by atoms with Gasteiger partial charge in [-0.1, -0.05) is 35.5 Å². The minimum absolute atomic E-state index is 0.00303. The first-order chi connectivity index (χ1) is 15.8. The Balaban J connectivity index is 1.11. The molecular weight excluding hydrogens is 410 g/mol. The molecule has 0 atom stereocenters. The van der Waals surface area contributed by atoms with E-state index >= 15 is 0 Å². The summed E-state index contributed by atoms with van der Waals surface area (Å²) in [6, 6.07) is 13.3. The number of carbonyl (C=O) groups is 1. The second kappa shape index (κ2) is 8.92. The van der Waals surface area contributed by atoms with E-state index in [2.05, 4.69) is 40.6 Å². The Kier molecular flexibility index (Phi) is 5.52. The average Bonchev–Trinajstić information content (AvgIpc) is 3.56. The van der Waals surface area contributed by atoms with E-state index in [1.165, 1.54) is 6.33 Å². The maximum Gasteiger partial charge on any atom is 0.246 e. The molecule has 11 heteroatoms. The molecule has 0 saturated carbocycles. The Labute approximate surface area is 183 Å². The smallest absolute Gasteiger partial charge is 0.246 e. The monoisotopic (exact) mass is 431 g/mol. The highest BCUT2D eigenvalue weighted by atomic mass is 16.5. The zero-order valence-corrected chi connectivity index (χ0v) is 17.2. The molecule has 1 fully saturated rings. The number of amides is 1. The number of aromatic nitrogens is 7.